The summed E-state index contributed by atoms with van der Waals surface area (Å²) >= 11 is 0. The van der Waals surface area contributed by atoms with Gasteiger partial charge in [-0.1, -0.05) is 48.5 Å². The number of hydrogen-bond donors (Lipinski definition) is 0. The van der Waals surface area contributed by atoms with Crippen molar-refractivity contribution in [3.8, 4) is 16.9 Å². The Morgan fingerprint density at radius 1 is 0.920 bits per heavy atom. The minimum atomic E-state index is 0.0851. The van der Waals surface area contributed by atoms with E-state index in [1.165, 1.54) is 0 Å². The molecule has 1 atom stereocenters. The predicted octanol–water partition coefficient (Wildman–Crippen LogP) is 4.38. The summed E-state index contributed by atoms with van der Waals surface area (Å²) in [7, 11) is 4.07. The van der Waals surface area contributed by atoms with E-state index in [1.54, 1.807) is 0 Å². The molecule has 0 bridgehead atoms. The van der Waals surface area contributed by atoms with Gasteiger partial charge >= 0.3 is 0 Å². The zero-order chi connectivity index (χ0) is 17.6. The lowest BCUT2D eigenvalue weighted by Gasteiger charge is -2.21. The molecule has 3 aromatic carbocycles. The summed E-state index contributed by atoms with van der Waals surface area (Å²) in [4.78, 5) is 15.0. The van der Waals surface area contributed by atoms with E-state index in [4.69, 9.17) is 4.74 Å². The SMILES string of the molecule is CC(COc1cc2c(c3ccccc13)-c1ccccc1C2=O)N(C)C. The second-order valence-electron chi connectivity index (χ2n) is 6.84. The van der Waals surface area contributed by atoms with E-state index in [0.717, 1.165) is 38.8 Å². The number of nitrogens with zero attached hydrogens (tertiary/aromatic N) is 1. The van der Waals surface area contributed by atoms with Crippen LogP contribution in [0.4, 0.5) is 0 Å². The van der Waals surface area contributed by atoms with Crippen LogP contribution in [0.5, 0.6) is 5.75 Å². The number of ketones is 1. The highest BCUT2D eigenvalue weighted by Crippen LogP contribution is 2.44. The molecule has 0 saturated heterocycles. The van der Waals surface area contributed by atoms with E-state index >= 15 is 0 Å². The lowest BCUT2D eigenvalue weighted by atomic mass is 9.97. The molecule has 0 fully saturated rings. The maximum Gasteiger partial charge on any atom is 0.194 e. The molecule has 0 heterocycles. The molecule has 0 aromatic heterocycles. The van der Waals surface area contributed by atoms with Gasteiger partial charge in [-0.15, -0.1) is 0 Å². The molecule has 3 nitrogen and oxygen atoms in total. The molecule has 126 valence electrons. The van der Waals surface area contributed by atoms with E-state index in [2.05, 4.69) is 24.0 Å². The molecule has 0 aliphatic heterocycles. The van der Waals surface area contributed by atoms with Crippen molar-refractivity contribution in [2.75, 3.05) is 20.7 Å². The quantitative estimate of drug-likeness (QED) is 0.556. The van der Waals surface area contributed by atoms with Crippen molar-refractivity contribution in [1.82, 2.24) is 4.90 Å². The van der Waals surface area contributed by atoms with Crippen LogP contribution in [-0.2, 0) is 0 Å². The molecular weight excluding hydrogens is 310 g/mol. The van der Waals surface area contributed by atoms with Crippen molar-refractivity contribution >= 4 is 16.6 Å². The molecule has 4 rings (SSSR count). The monoisotopic (exact) mass is 331 g/mol. The van der Waals surface area contributed by atoms with Gasteiger partial charge in [0.15, 0.2) is 5.78 Å². The first kappa shape index (κ1) is 15.9. The Hall–Kier alpha value is -2.65. The molecule has 0 amide bonds. The predicted molar refractivity (Wildman–Crippen MR) is 101 cm³/mol. The summed E-state index contributed by atoms with van der Waals surface area (Å²) < 4.78 is 6.12. The topological polar surface area (TPSA) is 29.5 Å². The van der Waals surface area contributed by atoms with Crippen molar-refractivity contribution in [2.45, 2.75) is 13.0 Å². The third-order valence-corrected chi connectivity index (χ3v) is 5.05. The fourth-order valence-electron chi connectivity index (χ4n) is 3.33. The second-order valence-corrected chi connectivity index (χ2v) is 6.84. The summed E-state index contributed by atoms with van der Waals surface area (Å²) in [5.74, 6) is 0.867. The van der Waals surface area contributed by atoms with Crippen molar-refractivity contribution in [3.05, 3.63) is 65.7 Å². The van der Waals surface area contributed by atoms with Gasteiger partial charge in [0.1, 0.15) is 12.4 Å². The lowest BCUT2D eigenvalue weighted by Crippen LogP contribution is -2.30. The van der Waals surface area contributed by atoms with Crippen molar-refractivity contribution in [3.63, 3.8) is 0 Å². The third kappa shape index (κ3) is 2.52. The first-order valence-electron chi connectivity index (χ1n) is 8.57. The maximum atomic E-state index is 12.9. The Balaban J connectivity index is 1.88. The number of ether oxygens (including phenoxy) is 1. The Morgan fingerprint density at radius 3 is 2.28 bits per heavy atom. The molecular formula is C22H21NO2. The minimum Gasteiger partial charge on any atom is -0.491 e. The number of likely N-dealkylation sites (N-methyl/N-ethyl adjacent to an activating group) is 1. The Bertz CT molecular complexity index is 975. The Morgan fingerprint density at radius 2 is 1.56 bits per heavy atom. The highest BCUT2D eigenvalue weighted by molar-refractivity contribution is 6.26. The van der Waals surface area contributed by atoms with Crippen LogP contribution in [-0.4, -0.2) is 37.4 Å². The first-order valence-corrected chi connectivity index (χ1v) is 8.57. The Labute approximate surface area is 147 Å². The average molecular weight is 331 g/mol. The molecule has 25 heavy (non-hydrogen) atoms. The van der Waals surface area contributed by atoms with Crippen LogP contribution in [0, 0.1) is 0 Å². The van der Waals surface area contributed by atoms with Crippen LogP contribution < -0.4 is 4.74 Å². The van der Waals surface area contributed by atoms with E-state index in [-0.39, 0.29) is 5.78 Å². The molecule has 1 aliphatic carbocycles. The van der Waals surface area contributed by atoms with Crippen LogP contribution in [0.15, 0.2) is 54.6 Å². The summed E-state index contributed by atoms with van der Waals surface area (Å²) in [6.07, 6.45) is 0. The van der Waals surface area contributed by atoms with Crippen LogP contribution in [0.2, 0.25) is 0 Å². The number of carbonyl (C=O) groups is 1. The molecule has 1 aliphatic rings. The standard InChI is InChI=1S/C22H21NO2/c1-14(23(2)3)13-25-20-12-19-21(16-9-5-4-8-15(16)20)17-10-6-7-11-18(17)22(19)24/h4-12,14H,13H2,1-3H3. The summed E-state index contributed by atoms with van der Waals surface area (Å²) in [5, 5.41) is 2.13. The molecule has 0 radical (unpaired) electrons. The van der Waals surface area contributed by atoms with Gasteiger partial charge in [-0.3, -0.25) is 4.79 Å². The summed E-state index contributed by atoms with van der Waals surface area (Å²) in [5.41, 5.74) is 3.57. The number of carbonyl (C=O) groups excluding carboxylic acids is 1. The molecule has 0 saturated carbocycles. The second kappa shape index (κ2) is 6.01. The average Bonchev–Trinajstić information content (AvgIpc) is 2.92. The van der Waals surface area contributed by atoms with Gasteiger partial charge in [-0.05, 0) is 38.0 Å². The fourth-order valence-corrected chi connectivity index (χ4v) is 3.33. The smallest absolute Gasteiger partial charge is 0.194 e. The number of rotatable bonds is 4. The number of benzene rings is 3. The van der Waals surface area contributed by atoms with E-state index in [0.29, 0.717) is 12.6 Å². The van der Waals surface area contributed by atoms with Gasteiger partial charge in [0.25, 0.3) is 0 Å². The van der Waals surface area contributed by atoms with Gasteiger partial charge in [-0.2, -0.15) is 0 Å². The first-order chi connectivity index (χ1) is 12.1. The number of hydrogen-bond acceptors (Lipinski definition) is 3. The highest BCUT2D eigenvalue weighted by Gasteiger charge is 2.29. The van der Waals surface area contributed by atoms with Crippen LogP contribution >= 0.6 is 0 Å². The van der Waals surface area contributed by atoms with Gasteiger partial charge in [0.2, 0.25) is 0 Å². The van der Waals surface area contributed by atoms with Gasteiger partial charge in [0, 0.05) is 28.1 Å². The van der Waals surface area contributed by atoms with Crippen LogP contribution in [0.3, 0.4) is 0 Å². The molecule has 0 N–H and O–H groups in total. The fraction of sp³-hybridized carbons (Fsp3) is 0.227. The third-order valence-electron chi connectivity index (χ3n) is 5.05. The summed E-state index contributed by atoms with van der Waals surface area (Å²) in [6.45, 7) is 2.70. The summed E-state index contributed by atoms with van der Waals surface area (Å²) in [6, 6.07) is 18.2. The normalized spacial score (nSPS) is 13.8. The van der Waals surface area contributed by atoms with Crippen LogP contribution in [0.25, 0.3) is 21.9 Å². The van der Waals surface area contributed by atoms with Gasteiger partial charge in [0.05, 0.1) is 0 Å². The zero-order valence-corrected chi connectivity index (χ0v) is 14.7. The number of fused-ring (bicyclic) bond motifs is 5. The van der Waals surface area contributed by atoms with Crippen molar-refractivity contribution < 1.29 is 9.53 Å². The zero-order valence-electron chi connectivity index (χ0n) is 14.7. The minimum absolute atomic E-state index is 0.0851. The van der Waals surface area contributed by atoms with E-state index < -0.39 is 0 Å². The van der Waals surface area contributed by atoms with E-state index in [9.17, 15) is 4.79 Å². The molecule has 3 aromatic rings. The lowest BCUT2D eigenvalue weighted by molar-refractivity contribution is 0.104. The highest BCUT2D eigenvalue weighted by atomic mass is 16.5. The molecule has 1 unspecified atom stereocenters. The van der Waals surface area contributed by atoms with E-state index in [1.807, 2.05) is 56.6 Å². The molecule has 0 spiro atoms. The van der Waals surface area contributed by atoms with Crippen molar-refractivity contribution in [1.29, 1.82) is 0 Å². The maximum absolute atomic E-state index is 12.9. The van der Waals surface area contributed by atoms with Gasteiger partial charge in [-0.25, -0.2) is 0 Å². The Kier molecular flexibility index (Phi) is 3.81. The largest absolute Gasteiger partial charge is 0.491 e. The molecule has 3 heteroatoms. The van der Waals surface area contributed by atoms with Crippen molar-refractivity contribution in [2.24, 2.45) is 0 Å². The van der Waals surface area contributed by atoms with Gasteiger partial charge < -0.3 is 9.64 Å². The van der Waals surface area contributed by atoms with Crippen LogP contribution in [0.1, 0.15) is 22.8 Å².